The molecular formula is C11H21N5S. The number of anilines is 1. The molecule has 1 aliphatic rings. The Bertz CT molecular complexity index is 345. The molecule has 1 fully saturated rings. The summed E-state index contributed by atoms with van der Waals surface area (Å²) in [6, 6.07) is 0.697. The van der Waals surface area contributed by atoms with Crippen LogP contribution in [0.4, 0.5) is 5.00 Å². The second-order valence-electron chi connectivity index (χ2n) is 4.65. The highest BCUT2D eigenvalue weighted by molar-refractivity contribution is 7.09. The van der Waals surface area contributed by atoms with Crippen LogP contribution in [-0.2, 0) is 6.54 Å². The van der Waals surface area contributed by atoms with E-state index in [1.54, 1.807) is 0 Å². The first-order valence-electron chi connectivity index (χ1n) is 6.23. The highest BCUT2D eigenvalue weighted by Gasteiger charge is 2.21. The predicted molar refractivity (Wildman–Crippen MR) is 70.9 cm³/mol. The standard InChI is InChI=1S/C11H21N5S/c1-3-9(2)16-6-4-15(5-7-16)8-10-11(12)17-14-13-10/h9H,3-8,12H2,1-2H3. The molecule has 0 radical (unpaired) electrons. The van der Waals surface area contributed by atoms with Crippen LogP contribution in [-0.4, -0.2) is 51.6 Å². The largest absolute Gasteiger partial charge is 0.388 e. The summed E-state index contributed by atoms with van der Waals surface area (Å²) >= 11 is 1.28. The summed E-state index contributed by atoms with van der Waals surface area (Å²) < 4.78 is 3.87. The highest BCUT2D eigenvalue weighted by atomic mass is 32.1. The van der Waals surface area contributed by atoms with Gasteiger partial charge in [-0.3, -0.25) is 9.80 Å². The van der Waals surface area contributed by atoms with Crippen LogP contribution >= 0.6 is 11.5 Å². The molecule has 1 saturated heterocycles. The van der Waals surface area contributed by atoms with E-state index in [9.17, 15) is 0 Å². The Morgan fingerprint density at radius 1 is 1.35 bits per heavy atom. The number of hydrogen-bond donors (Lipinski definition) is 1. The Labute approximate surface area is 107 Å². The van der Waals surface area contributed by atoms with Gasteiger partial charge >= 0.3 is 0 Å². The molecule has 0 amide bonds. The fourth-order valence-corrected chi connectivity index (χ4v) is 2.60. The zero-order chi connectivity index (χ0) is 12.3. The molecule has 0 spiro atoms. The summed E-state index contributed by atoms with van der Waals surface area (Å²) in [4.78, 5) is 4.96. The van der Waals surface area contributed by atoms with E-state index in [4.69, 9.17) is 5.73 Å². The third-order valence-electron chi connectivity index (χ3n) is 3.58. The van der Waals surface area contributed by atoms with Crippen molar-refractivity contribution in [1.29, 1.82) is 0 Å². The van der Waals surface area contributed by atoms with Crippen LogP contribution < -0.4 is 5.73 Å². The van der Waals surface area contributed by atoms with E-state index < -0.39 is 0 Å². The number of nitrogens with zero attached hydrogens (tertiary/aromatic N) is 4. The minimum absolute atomic E-state index is 0.697. The first-order chi connectivity index (χ1) is 8.20. The third-order valence-corrected chi connectivity index (χ3v) is 4.18. The van der Waals surface area contributed by atoms with E-state index >= 15 is 0 Å². The van der Waals surface area contributed by atoms with E-state index in [0.717, 1.165) is 43.4 Å². The van der Waals surface area contributed by atoms with Crippen LogP contribution in [0.5, 0.6) is 0 Å². The molecule has 17 heavy (non-hydrogen) atoms. The van der Waals surface area contributed by atoms with Crippen LogP contribution in [0, 0.1) is 0 Å². The molecule has 6 heteroatoms. The normalized spacial score (nSPS) is 20.6. The molecule has 0 bridgehead atoms. The molecule has 0 saturated carbocycles. The molecule has 1 atom stereocenters. The van der Waals surface area contributed by atoms with Crippen molar-refractivity contribution in [2.24, 2.45) is 0 Å². The van der Waals surface area contributed by atoms with Gasteiger partial charge in [0, 0.05) is 50.3 Å². The minimum Gasteiger partial charge on any atom is -0.388 e. The van der Waals surface area contributed by atoms with Crippen molar-refractivity contribution in [1.82, 2.24) is 19.4 Å². The average Bonchev–Trinajstić information content (AvgIpc) is 2.75. The molecule has 1 aromatic heterocycles. The van der Waals surface area contributed by atoms with Gasteiger partial charge in [-0.05, 0) is 13.3 Å². The Hall–Kier alpha value is -0.720. The minimum atomic E-state index is 0.697. The molecule has 2 heterocycles. The second kappa shape index (κ2) is 5.75. The van der Waals surface area contributed by atoms with Gasteiger partial charge < -0.3 is 5.73 Å². The second-order valence-corrected chi connectivity index (χ2v) is 5.44. The fourth-order valence-electron chi connectivity index (χ4n) is 2.16. The lowest BCUT2D eigenvalue weighted by atomic mass is 10.2. The van der Waals surface area contributed by atoms with Gasteiger partial charge in [0.25, 0.3) is 0 Å². The van der Waals surface area contributed by atoms with Crippen LogP contribution in [0.25, 0.3) is 0 Å². The molecule has 1 aliphatic heterocycles. The maximum atomic E-state index is 5.81. The summed E-state index contributed by atoms with van der Waals surface area (Å²) in [6.07, 6.45) is 1.23. The van der Waals surface area contributed by atoms with Gasteiger partial charge in [-0.25, -0.2) is 0 Å². The third kappa shape index (κ3) is 3.14. The summed E-state index contributed by atoms with van der Waals surface area (Å²) in [5.74, 6) is 0. The number of nitrogens with two attached hydrogens (primary N) is 1. The average molecular weight is 255 g/mol. The Balaban J connectivity index is 1.81. The Kier molecular flexibility index (Phi) is 4.31. The summed E-state index contributed by atoms with van der Waals surface area (Å²) in [5, 5.41) is 4.83. The van der Waals surface area contributed by atoms with E-state index in [1.165, 1.54) is 18.0 Å². The zero-order valence-corrected chi connectivity index (χ0v) is 11.4. The number of nitrogen functional groups attached to an aromatic ring is 1. The van der Waals surface area contributed by atoms with Crippen molar-refractivity contribution < 1.29 is 0 Å². The van der Waals surface area contributed by atoms with Gasteiger partial charge in [0.05, 0.1) is 0 Å². The van der Waals surface area contributed by atoms with E-state index in [1.807, 2.05) is 0 Å². The fraction of sp³-hybridized carbons (Fsp3) is 0.818. The molecule has 2 rings (SSSR count). The topological polar surface area (TPSA) is 58.3 Å². The van der Waals surface area contributed by atoms with Crippen LogP contribution in [0.3, 0.4) is 0 Å². The molecular weight excluding hydrogens is 234 g/mol. The summed E-state index contributed by atoms with van der Waals surface area (Å²) in [5.41, 5.74) is 6.75. The first kappa shape index (κ1) is 12.7. The Morgan fingerprint density at radius 3 is 2.59 bits per heavy atom. The van der Waals surface area contributed by atoms with E-state index in [-0.39, 0.29) is 0 Å². The Morgan fingerprint density at radius 2 is 2.06 bits per heavy atom. The highest BCUT2D eigenvalue weighted by Crippen LogP contribution is 2.16. The number of aromatic nitrogens is 2. The van der Waals surface area contributed by atoms with E-state index in [2.05, 4.69) is 33.2 Å². The molecule has 1 unspecified atom stereocenters. The van der Waals surface area contributed by atoms with Crippen LogP contribution in [0.2, 0.25) is 0 Å². The molecule has 5 nitrogen and oxygen atoms in total. The number of piperazine rings is 1. The molecule has 1 aromatic rings. The molecule has 0 aromatic carbocycles. The molecule has 96 valence electrons. The maximum absolute atomic E-state index is 5.81. The van der Waals surface area contributed by atoms with Crippen molar-refractivity contribution in [3.63, 3.8) is 0 Å². The summed E-state index contributed by atoms with van der Waals surface area (Å²) in [7, 11) is 0. The van der Waals surface area contributed by atoms with Crippen molar-refractivity contribution in [3.8, 4) is 0 Å². The first-order valence-corrected chi connectivity index (χ1v) is 7.01. The molecule has 0 aliphatic carbocycles. The van der Waals surface area contributed by atoms with Gasteiger partial charge in [0.15, 0.2) is 0 Å². The number of rotatable bonds is 4. The van der Waals surface area contributed by atoms with Gasteiger partial charge in [-0.2, -0.15) is 0 Å². The van der Waals surface area contributed by atoms with Crippen LogP contribution in [0.1, 0.15) is 26.0 Å². The van der Waals surface area contributed by atoms with Gasteiger partial charge in [0.1, 0.15) is 10.7 Å². The number of hydrogen-bond acceptors (Lipinski definition) is 6. The SMILES string of the molecule is CCC(C)N1CCN(Cc2nnsc2N)CC1. The van der Waals surface area contributed by atoms with Crippen molar-refractivity contribution in [2.45, 2.75) is 32.9 Å². The van der Waals surface area contributed by atoms with Crippen LogP contribution in [0.15, 0.2) is 0 Å². The van der Waals surface area contributed by atoms with Gasteiger partial charge in [-0.15, -0.1) is 5.10 Å². The maximum Gasteiger partial charge on any atom is 0.132 e. The monoisotopic (exact) mass is 255 g/mol. The zero-order valence-electron chi connectivity index (χ0n) is 10.6. The quantitative estimate of drug-likeness (QED) is 0.871. The van der Waals surface area contributed by atoms with Gasteiger partial charge in [0.2, 0.25) is 0 Å². The van der Waals surface area contributed by atoms with Crippen molar-refractivity contribution in [3.05, 3.63) is 5.69 Å². The predicted octanol–water partition coefficient (Wildman–Crippen LogP) is 1.04. The van der Waals surface area contributed by atoms with Crippen molar-refractivity contribution in [2.75, 3.05) is 31.9 Å². The lowest BCUT2D eigenvalue weighted by Gasteiger charge is -2.37. The lowest BCUT2D eigenvalue weighted by molar-refractivity contribution is 0.0957. The molecule has 2 N–H and O–H groups in total. The smallest absolute Gasteiger partial charge is 0.132 e. The van der Waals surface area contributed by atoms with Crippen molar-refractivity contribution >= 4 is 16.5 Å². The lowest BCUT2D eigenvalue weighted by Crippen LogP contribution is -2.49. The van der Waals surface area contributed by atoms with Gasteiger partial charge in [-0.1, -0.05) is 11.4 Å². The van der Waals surface area contributed by atoms with E-state index in [0.29, 0.717) is 6.04 Å². The summed E-state index contributed by atoms with van der Waals surface area (Å²) in [6.45, 7) is 9.88.